The average Bonchev–Trinajstić information content (AvgIpc) is 2.75. The van der Waals surface area contributed by atoms with Gasteiger partial charge in [0, 0.05) is 19.6 Å². The number of hydrogen-bond donors (Lipinski definition) is 2. The van der Waals surface area contributed by atoms with E-state index in [0.717, 1.165) is 0 Å². The van der Waals surface area contributed by atoms with Gasteiger partial charge in [0.1, 0.15) is 5.60 Å². The Bertz CT molecular complexity index is 336. The van der Waals surface area contributed by atoms with Crippen molar-refractivity contribution in [3.8, 4) is 5.75 Å². The topological polar surface area (TPSA) is 76.5 Å². The lowest BCUT2D eigenvalue weighted by atomic mass is 10.0. The van der Waals surface area contributed by atoms with Gasteiger partial charge in [-0.05, 0) is 0 Å². The largest absolute Gasteiger partial charge is 0.494 e. The second kappa shape index (κ2) is 4.63. The first-order chi connectivity index (χ1) is 7.72. The molecule has 0 amide bonds. The van der Waals surface area contributed by atoms with E-state index in [9.17, 15) is 5.11 Å². The van der Waals surface area contributed by atoms with Crippen LogP contribution in [0.5, 0.6) is 5.75 Å². The summed E-state index contributed by atoms with van der Waals surface area (Å²) in [6, 6.07) is 0. The van der Waals surface area contributed by atoms with Crippen molar-refractivity contribution in [2.45, 2.75) is 12.0 Å². The van der Waals surface area contributed by atoms with Crippen molar-refractivity contribution in [3.63, 3.8) is 0 Å². The highest BCUT2D eigenvalue weighted by molar-refractivity contribution is 5.27. The summed E-state index contributed by atoms with van der Waals surface area (Å²) in [5, 5.41) is 13.0. The van der Waals surface area contributed by atoms with Crippen molar-refractivity contribution in [2.75, 3.05) is 32.2 Å². The molecular weight excluding hydrogens is 210 g/mol. The van der Waals surface area contributed by atoms with Gasteiger partial charge in [0.25, 0.3) is 0 Å². The quantitative estimate of drug-likeness (QED) is 0.754. The Labute approximate surface area is 93.6 Å². The summed E-state index contributed by atoms with van der Waals surface area (Å²) in [7, 11) is 1.56. The van der Waals surface area contributed by atoms with Gasteiger partial charge in [-0.15, -0.1) is 0 Å². The van der Waals surface area contributed by atoms with E-state index in [1.54, 1.807) is 19.5 Å². The van der Waals surface area contributed by atoms with Crippen LogP contribution in [0.2, 0.25) is 0 Å². The maximum atomic E-state index is 9.99. The summed E-state index contributed by atoms with van der Waals surface area (Å²) in [5.41, 5.74) is -0.802. The van der Waals surface area contributed by atoms with Gasteiger partial charge in [-0.25, -0.2) is 9.97 Å². The van der Waals surface area contributed by atoms with Crippen molar-refractivity contribution in [2.24, 2.45) is 0 Å². The summed E-state index contributed by atoms with van der Waals surface area (Å²) >= 11 is 0. The molecular formula is C10H15N3O3. The molecule has 0 aromatic carbocycles. The lowest BCUT2D eigenvalue weighted by Crippen LogP contribution is -2.37. The van der Waals surface area contributed by atoms with Gasteiger partial charge in [-0.2, -0.15) is 0 Å². The van der Waals surface area contributed by atoms with Crippen LogP contribution in [0.1, 0.15) is 6.42 Å². The molecule has 0 spiro atoms. The standard InChI is InChI=1S/C10H15N3O3/c1-15-8-4-11-9(12-5-8)13-6-10(14)2-3-16-7-10/h4-5,14H,2-3,6-7H2,1H3,(H,11,12,13). The van der Waals surface area contributed by atoms with Crippen molar-refractivity contribution < 1.29 is 14.6 Å². The molecule has 2 rings (SSSR count). The van der Waals surface area contributed by atoms with Gasteiger partial charge >= 0.3 is 0 Å². The zero-order valence-electron chi connectivity index (χ0n) is 9.14. The monoisotopic (exact) mass is 225 g/mol. The second-order valence-corrected chi connectivity index (χ2v) is 3.83. The van der Waals surface area contributed by atoms with Crippen LogP contribution in [-0.2, 0) is 4.74 Å². The molecule has 2 N–H and O–H groups in total. The number of nitrogens with one attached hydrogen (secondary N) is 1. The minimum Gasteiger partial charge on any atom is -0.494 e. The molecule has 88 valence electrons. The van der Waals surface area contributed by atoms with Crippen molar-refractivity contribution in [1.29, 1.82) is 0 Å². The molecule has 1 aromatic rings. The fraction of sp³-hybridized carbons (Fsp3) is 0.600. The molecule has 0 aliphatic carbocycles. The molecule has 0 bridgehead atoms. The van der Waals surface area contributed by atoms with Crippen LogP contribution in [-0.4, -0.2) is 47.5 Å². The van der Waals surface area contributed by atoms with Crippen LogP contribution in [0.4, 0.5) is 5.95 Å². The van der Waals surface area contributed by atoms with Gasteiger partial charge in [-0.3, -0.25) is 0 Å². The fourth-order valence-electron chi connectivity index (χ4n) is 1.49. The third-order valence-electron chi connectivity index (χ3n) is 2.52. The van der Waals surface area contributed by atoms with Crippen molar-refractivity contribution >= 4 is 5.95 Å². The molecule has 0 saturated carbocycles. The molecule has 1 saturated heterocycles. The second-order valence-electron chi connectivity index (χ2n) is 3.83. The molecule has 16 heavy (non-hydrogen) atoms. The minimum atomic E-state index is -0.802. The molecule has 0 radical (unpaired) electrons. The van der Waals surface area contributed by atoms with E-state index in [-0.39, 0.29) is 0 Å². The maximum Gasteiger partial charge on any atom is 0.222 e. The molecule has 1 fully saturated rings. The minimum absolute atomic E-state index is 0.357. The third-order valence-corrected chi connectivity index (χ3v) is 2.52. The van der Waals surface area contributed by atoms with Gasteiger partial charge < -0.3 is 19.9 Å². The van der Waals surface area contributed by atoms with Crippen molar-refractivity contribution in [1.82, 2.24) is 9.97 Å². The Kier molecular flexibility index (Phi) is 3.21. The Morgan fingerprint density at radius 1 is 1.56 bits per heavy atom. The number of methoxy groups -OCH3 is 1. The zero-order chi connectivity index (χ0) is 11.4. The Balaban J connectivity index is 1.89. The first kappa shape index (κ1) is 11.1. The Morgan fingerprint density at radius 3 is 2.88 bits per heavy atom. The van der Waals surface area contributed by atoms with Crippen LogP contribution < -0.4 is 10.1 Å². The van der Waals surface area contributed by atoms with Crippen LogP contribution in [0, 0.1) is 0 Å². The summed E-state index contributed by atoms with van der Waals surface area (Å²) in [4.78, 5) is 8.08. The number of hydrogen-bond acceptors (Lipinski definition) is 6. The summed E-state index contributed by atoms with van der Waals surface area (Å²) in [5.74, 6) is 1.08. The Hall–Kier alpha value is -1.40. The van der Waals surface area contributed by atoms with E-state index >= 15 is 0 Å². The van der Waals surface area contributed by atoms with Crippen LogP contribution in [0.25, 0.3) is 0 Å². The summed E-state index contributed by atoms with van der Waals surface area (Å²) in [6.07, 6.45) is 3.78. The first-order valence-electron chi connectivity index (χ1n) is 5.12. The molecule has 1 aliphatic rings. The molecule has 1 aromatic heterocycles. The van der Waals surface area contributed by atoms with E-state index in [4.69, 9.17) is 9.47 Å². The van der Waals surface area contributed by atoms with E-state index in [1.165, 1.54) is 0 Å². The van der Waals surface area contributed by atoms with Crippen LogP contribution >= 0.6 is 0 Å². The van der Waals surface area contributed by atoms with E-state index in [2.05, 4.69) is 15.3 Å². The highest BCUT2D eigenvalue weighted by Crippen LogP contribution is 2.18. The van der Waals surface area contributed by atoms with E-state index in [1.807, 2.05) is 0 Å². The average molecular weight is 225 g/mol. The van der Waals surface area contributed by atoms with E-state index < -0.39 is 5.60 Å². The number of rotatable bonds is 4. The smallest absolute Gasteiger partial charge is 0.222 e. The molecule has 1 unspecified atom stereocenters. The van der Waals surface area contributed by atoms with Gasteiger partial charge in [-0.1, -0.05) is 0 Å². The van der Waals surface area contributed by atoms with Crippen molar-refractivity contribution in [3.05, 3.63) is 12.4 Å². The zero-order valence-corrected chi connectivity index (χ0v) is 9.14. The SMILES string of the molecule is COc1cnc(NCC2(O)CCOC2)nc1. The third kappa shape index (κ3) is 2.59. The molecule has 2 heterocycles. The molecule has 6 heteroatoms. The lowest BCUT2D eigenvalue weighted by Gasteiger charge is -2.20. The predicted molar refractivity (Wildman–Crippen MR) is 57.5 cm³/mol. The van der Waals surface area contributed by atoms with Crippen LogP contribution in [0.15, 0.2) is 12.4 Å². The number of aromatic nitrogens is 2. The molecule has 6 nitrogen and oxygen atoms in total. The highest BCUT2D eigenvalue weighted by atomic mass is 16.5. The van der Waals surface area contributed by atoms with Gasteiger partial charge in [0.2, 0.25) is 5.95 Å². The predicted octanol–water partition coefficient (Wildman–Crippen LogP) is 0.0485. The summed E-state index contributed by atoms with van der Waals surface area (Å²) in [6.45, 7) is 1.34. The van der Waals surface area contributed by atoms with E-state index in [0.29, 0.717) is 37.9 Å². The normalized spacial score (nSPS) is 24.4. The Morgan fingerprint density at radius 2 is 2.31 bits per heavy atom. The highest BCUT2D eigenvalue weighted by Gasteiger charge is 2.32. The fourth-order valence-corrected chi connectivity index (χ4v) is 1.49. The molecule has 1 aliphatic heterocycles. The van der Waals surface area contributed by atoms with Gasteiger partial charge in [0.05, 0.1) is 26.1 Å². The number of anilines is 1. The number of nitrogens with zero attached hydrogens (tertiary/aromatic N) is 2. The maximum absolute atomic E-state index is 9.99. The number of ether oxygens (including phenoxy) is 2. The lowest BCUT2D eigenvalue weighted by molar-refractivity contribution is 0.0380. The van der Waals surface area contributed by atoms with Gasteiger partial charge in [0.15, 0.2) is 5.75 Å². The first-order valence-corrected chi connectivity index (χ1v) is 5.12. The van der Waals surface area contributed by atoms with Crippen LogP contribution in [0.3, 0.4) is 0 Å². The number of aliphatic hydroxyl groups is 1. The molecule has 1 atom stereocenters. The summed E-state index contributed by atoms with van der Waals surface area (Å²) < 4.78 is 10.1.